The van der Waals surface area contributed by atoms with Crippen LogP contribution in [0.25, 0.3) is 0 Å². The minimum atomic E-state index is -0.849. The number of hydrogen-bond donors (Lipinski definition) is 2. The summed E-state index contributed by atoms with van der Waals surface area (Å²) in [5, 5.41) is 14.5. The van der Waals surface area contributed by atoms with Crippen molar-refractivity contribution in [1.82, 2.24) is 4.98 Å². The lowest BCUT2D eigenvalue weighted by Crippen LogP contribution is -2.02. The zero-order valence-corrected chi connectivity index (χ0v) is 9.91. The number of para-hydroxylation sites is 1. The average molecular weight is 248 g/mol. The molecule has 1 aromatic heterocycles. The largest absolute Gasteiger partial charge is 0.481 e. The molecule has 0 fully saturated rings. The van der Waals surface area contributed by atoms with Gasteiger partial charge in [-0.1, -0.05) is 18.2 Å². The Balaban J connectivity index is 1.91. The van der Waals surface area contributed by atoms with Gasteiger partial charge in [-0.3, -0.25) is 4.79 Å². The van der Waals surface area contributed by atoms with Gasteiger partial charge in [0.25, 0.3) is 0 Å². The van der Waals surface area contributed by atoms with Crippen molar-refractivity contribution in [2.24, 2.45) is 0 Å². The van der Waals surface area contributed by atoms with E-state index in [1.54, 1.807) is 5.38 Å². The molecule has 1 aromatic carbocycles. The zero-order chi connectivity index (χ0) is 12.1. The van der Waals surface area contributed by atoms with E-state index in [2.05, 4.69) is 10.3 Å². The Labute approximate surface area is 103 Å². The summed E-state index contributed by atoms with van der Waals surface area (Å²) in [6.45, 7) is 0.619. The normalized spacial score (nSPS) is 10.1. The number of anilines is 1. The summed E-state index contributed by atoms with van der Waals surface area (Å²) in [4.78, 5) is 14.7. The van der Waals surface area contributed by atoms with Crippen molar-refractivity contribution in [1.29, 1.82) is 0 Å². The van der Waals surface area contributed by atoms with E-state index in [4.69, 9.17) is 5.11 Å². The number of benzene rings is 1. The van der Waals surface area contributed by atoms with Gasteiger partial charge in [-0.05, 0) is 12.1 Å². The van der Waals surface area contributed by atoms with E-state index in [9.17, 15) is 4.79 Å². The molecule has 0 bridgehead atoms. The molecule has 2 aromatic rings. The van der Waals surface area contributed by atoms with Crippen LogP contribution in [0.1, 0.15) is 10.7 Å². The molecular weight excluding hydrogens is 236 g/mol. The summed E-state index contributed by atoms with van der Waals surface area (Å²) >= 11 is 1.47. The molecule has 0 saturated carbocycles. The van der Waals surface area contributed by atoms with Crippen LogP contribution in [-0.4, -0.2) is 16.1 Å². The van der Waals surface area contributed by atoms with E-state index in [0.717, 1.165) is 10.7 Å². The van der Waals surface area contributed by atoms with Gasteiger partial charge >= 0.3 is 5.97 Å². The molecular formula is C12H12N2O2S. The Bertz CT molecular complexity index is 496. The average Bonchev–Trinajstić information content (AvgIpc) is 2.75. The summed E-state index contributed by atoms with van der Waals surface area (Å²) < 4.78 is 0. The van der Waals surface area contributed by atoms with Gasteiger partial charge in [-0.25, -0.2) is 4.98 Å². The highest BCUT2D eigenvalue weighted by Crippen LogP contribution is 2.13. The maximum absolute atomic E-state index is 10.5. The topological polar surface area (TPSA) is 62.2 Å². The Hall–Kier alpha value is -1.88. The predicted molar refractivity (Wildman–Crippen MR) is 67.2 cm³/mol. The number of carboxylic acids is 1. The number of nitrogens with zero attached hydrogens (tertiary/aromatic N) is 1. The molecule has 0 saturated heterocycles. The molecule has 0 atom stereocenters. The minimum absolute atomic E-state index is 0.0121. The second-order valence-electron chi connectivity index (χ2n) is 3.52. The second kappa shape index (κ2) is 5.45. The molecule has 0 aliphatic carbocycles. The molecule has 4 nitrogen and oxygen atoms in total. The molecule has 17 heavy (non-hydrogen) atoms. The number of carbonyl (C=O) groups is 1. The van der Waals surface area contributed by atoms with Crippen LogP contribution >= 0.6 is 11.3 Å². The Morgan fingerprint density at radius 3 is 2.82 bits per heavy atom. The maximum Gasteiger partial charge on any atom is 0.309 e. The van der Waals surface area contributed by atoms with Gasteiger partial charge < -0.3 is 10.4 Å². The van der Waals surface area contributed by atoms with E-state index in [0.29, 0.717) is 12.2 Å². The molecule has 0 aliphatic heterocycles. The summed E-state index contributed by atoms with van der Waals surface area (Å²) in [6.07, 6.45) is -0.0121. The maximum atomic E-state index is 10.5. The number of carboxylic acid groups (broad SMARTS) is 1. The van der Waals surface area contributed by atoms with Crippen LogP contribution in [0.4, 0.5) is 5.69 Å². The summed E-state index contributed by atoms with van der Waals surface area (Å²) in [5.41, 5.74) is 1.65. The highest BCUT2D eigenvalue weighted by Gasteiger charge is 2.05. The standard InChI is InChI=1S/C12H12N2O2S/c15-12(16)6-10-8-17-11(14-10)7-13-9-4-2-1-3-5-9/h1-5,8,13H,6-7H2,(H,15,16). The third-order valence-electron chi connectivity index (χ3n) is 2.15. The van der Waals surface area contributed by atoms with Gasteiger partial charge in [0.1, 0.15) is 5.01 Å². The van der Waals surface area contributed by atoms with E-state index in [1.165, 1.54) is 11.3 Å². The molecule has 2 N–H and O–H groups in total. The lowest BCUT2D eigenvalue weighted by atomic mass is 10.3. The SMILES string of the molecule is O=C(O)Cc1csc(CNc2ccccc2)n1. The van der Waals surface area contributed by atoms with Crippen molar-refractivity contribution in [2.45, 2.75) is 13.0 Å². The van der Waals surface area contributed by atoms with Crippen LogP contribution in [0.2, 0.25) is 0 Å². The molecule has 0 unspecified atom stereocenters. The highest BCUT2D eigenvalue weighted by molar-refractivity contribution is 7.09. The van der Waals surface area contributed by atoms with Gasteiger partial charge in [0.2, 0.25) is 0 Å². The third-order valence-corrected chi connectivity index (χ3v) is 3.05. The van der Waals surface area contributed by atoms with Crippen molar-refractivity contribution in [3.05, 3.63) is 46.4 Å². The monoisotopic (exact) mass is 248 g/mol. The Kier molecular flexibility index (Phi) is 3.72. The molecule has 2 rings (SSSR count). The number of aromatic nitrogens is 1. The van der Waals surface area contributed by atoms with Crippen LogP contribution < -0.4 is 5.32 Å². The molecule has 88 valence electrons. The summed E-state index contributed by atoms with van der Waals surface area (Å²) in [7, 11) is 0. The van der Waals surface area contributed by atoms with Gasteiger partial charge in [0.05, 0.1) is 18.7 Å². The van der Waals surface area contributed by atoms with Crippen molar-refractivity contribution in [2.75, 3.05) is 5.32 Å². The van der Waals surface area contributed by atoms with E-state index >= 15 is 0 Å². The van der Waals surface area contributed by atoms with Crippen molar-refractivity contribution < 1.29 is 9.90 Å². The smallest absolute Gasteiger partial charge is 0.309 e. The van der Waals surface area contributed by atoms with E-state index < -0.39 is 5.97 Å². The van der Waals surface area contributed by atoms with Crippen LogP contribution in [0.3, 0.4) is 0 Å². The quantitative estimate of drug-likeness (QED) is 0.852. The molecule has 1 heterocycles. The zero-order valence-electron chi connectivity index (χ0n) is 9.09. The number of aliphatic carboxylic acids is 1. The molecule has 0 amide bonds. The lowest BCUT2D eigenvalue weighted by molar-refractivity contribution is -0.136. The Morgan fingerprint density at radius 1 is 1.35 bits per heavy atom. The van der Waals surface area contributed by atoms with Gasteiger partial charge in [-0.15, -0.1) is 11.3 Å². The fourth-order valence-electron chi connectivity index (χ4n) is 1.40. The van der Waals surface area contributed by atoms with E-state index in [1.807, 2.05) is 30.3 Å². The van der Waals surface area contributed by atoms with Gasteiger partial charge in [-0.2, -0.15) is 0 Å². The van der Waals surface area contributed by atoms with Crippen LogP contribution in [0, 0.1) is 0 Å². The lowest BCUT2D eigenvalue weighted by Gasteiger charge is -2.02. The first-order valence-corrected chi connectivity index (χ1v) is 6.06. The first kappa shape index (κ1) is 11.6. The number of rotatable bonds is 5. The number of hydrogen-bond acceptors (Lipinski definition) is 4. The fraction of sp³-hybridized carbons (Fsp3) is 0.167. The second-order valence-corrected chi connectivity index (χ2v) is 4.47. The first-order chi connectivity index (χ1) is 8.24. The predicted octanol–water partition coefficient (Wildman–Crippen LogP) is 2.38. The van der Waals surface area contributed by atoms with Gasteiger partial charge in [0, 0.05) is 11.1 Å². The third kappa shape index (κ3) is 3.57. The van der Waals surface area contributed by atoms with Crippen LogP contribution in [-0.2, 0) is 17.8 Å². The van der Waals surface area contributed by atoms with Crippen LogP contribution in [0.5, 0.6) is 0 Å². The fourth-order valence-corrected chi connectivity index (χ4v) is 2.13. The highest BCUT2D eigenvalue weighted by atomic mass is 32.1. The summed E-state index contributed by atoms with van der Waals surface area (Å²) in [6, 6.07) is 9.83. The molecule has 0 radical (unpaired) electrons. The molecule has 0 spiro atoms. The first-order valence-electron chi connectivity index (χ1n) is 5.18. The van der Waals surface area contributed by atoms with Crippen molar-refractivity contribution in [3.8, 4) is 0 Å². The number of nitrogens with one attached hydrogen (secondary N) is 1. The number of thiazole rings is 1. The van der Waals surface area contributed by atoms with E-state index in [-0.39, 0.29) is 6.42 Å². The summed E-state index contributed by atoms with van der Waals surface area (Å²) in [5.74, 6) is -0.849. The minimum Gasteiger partial charge on any atom is -0.481 e. The van der Waals surface area contributed by atoms with Gasteiger partial charge in [0.15, 0.2) is 0 Å². The van der Waals surface area contributed by atoms with Crippen molar-refractivity contribution >= 4 is 23.0 Å². The van der Waals surface area contributed by atoms with Crippen molar-refractivity contribution in [3.63, 3.8) is 0 Å². The molecule has 0 aliphatic rings. The van der Waals surface area contributed by atoms with Crippen LogP contribution in [0.15, 0.2) is 35.7 Å². The Morgan fingerprint density at radius 2 is 2.12 bits per heavy atom. The molecule has 5 heteroatoms.